The highest BCUT2D eigenvalue weighted by Gasteiger charge is 2.21. The van der Waals surface area contributed by atoms with Crippen molar-refractivity contribution in [1.82, 2.24) is 15.2 Å². The molecular formula is C15H20N4O. The van der Waals surface area contributed by atoms with Crippen LogP contribution in [-0.4, -0.2) is 21.1 Å². The normalized spacial score (nSPS) is 11.4. The zero-order valence-corrected chi connectivity index (χ0v) is 12.5. The fourth-order valence-corrected chi connectivity index (χ4v) is 1.83. The van der Waals surface area contributed by atoms with E-state index < -0.39 is 0 Å². The lowest BCUT2D eigenvalue weighted by Gasteiger charge is -2.12. The van der Waals surface area contributed by atoms with Gasteiger partial charge in [0.2, 0.25) is 5.82 Å². The van der Waals surface area contributed by atoms with Gasteiger partial charge < -0.3 is 5.32 Å². The molecular weight excluding hydrogens is 252 g/mol. The molecule has 0 aliphatic rings. The lowest BCUT2D eigenvalue weighted by atomic mass is 9.96. The van der Waals surface area contributed by atoms with Gasteiger partial charge in [-0.2, -0.15) is 0 Å². The quantitative estimate of drug-likeness (QED) is 0.883. The molecule has 20 heavy (non-hydrogen) atoms. The minimum atomic E-state index is -0.302. The van der Waals surface area contributed by atoms with Gasteiger partial charge >= 0.3 is 0 Å². The van der Waals surface area contributed by atoms with E-state index in [4.69, 9.17) is 0 Å². The van der Waals surface area contributed by atoms with Crippen LogP contribution >= 0.6 is 0 Å². The lowest BCUT2D eigenvalue weighted by Crippen LogP contribution is -2.16. The fraction of sp³-hybridized carbons (Fsp3) is 0.400. The smallest absolute Gasteiger partial charge is 0.295 e. The second kappa shape index (κ2) is 5.07. The highest BCUT2D eigenvalue weighted by molar-refractivity contribution is 6.01. The number of anilines is 1. The van der Waals surface area contributed by atoms with Crippen LogP contribution in [0, 0.1) is 13.8 Å². The average molecular weight is 272 g/mol. The second-order valence-electron chi connectivity index (χ2n) is 6.03. The van der Waals surface area contributed by atoms with E-state index in [1.807, 2.05) is 52.8 Å². The van der Waals surface area contributed by atoms with Crippen LogP contribution in [0.25, 0.3) is 0 Å². The number of H-pyrrole nitrogens is 1. The number of rotatable bonds is 2. The molecule has 0 bridgehead atoms. The number of aromatic nitrogens is 3. The molecule has 0 spiro atoms. The Labute approximate surface area is 118 Å². The van der Waals surface area contributed by atoms with Gasteiger partial charge in [-0.05, 0) is 25.5 Å². The maximum absolute atomic E-state index is 12.1. The van der Waals surface area contributed by atoms with Gasteiger partial charge in [0, 0.05) is 11.1 Å². The number of hydrogen-bond acceptors (Lipinski definition) is 3. The number of hydrogen-bond donors (Lipinski definition) is 2. The number of nitrogens with one attached hydrogen (secondary N) is 2. The number of benzene rings is 1. The minimum Gasteiger partial charge on any atom is -0.319 e. The van der Waals surface area contributed by atoms with Gasteiger partial charge in [0.25, 0.3) is 5.91 Å². The standard InChI is InChI=1S/C15H20N4O/c1-9-6-7-11(10(2)8-9)16-13(20)12-17-14(19-18-12)15(3,4)5/h6-8H,1-5H3,(H,16,20)(H,17,18,19). The van der Waals surface area contributed by atoms with E-state index in [1.54, 1.807) is 0 Å². The summed E-state index contributed by atoms with van der Waals surface area (Å²) in [6.07, 6.45) is 0. The zero-order chi connectivity index (χ0) is 14.9. The number of amides is 1. The maximum Gasteiger partial charge on any atom is 0.295 e. The van der Waals surface area contributed by atoms with Crippen molar-refractivity contribution in [3.8, 4) is 0 Å². The summed E-state index contributed by atoms with van der Waals surface area (Å²) in [5, 5.41) is 9.63. The summed E-state index contributed by atoms with van der Waals surface area (Å²) in [5.41, 5.74) is 2.80. The van der Waals surface area contributed by atoms with Crippen molar-refractivity contribution < 1.29 is 4.79 Å². The number of aromatic amines is 1. The molecule has 1 amide bonds. The van der Waals surface area contributed by atoms with E-state index in [-0.39, 0.29) is 17.1 Å². The van der Waals surface area contributed by atoms with Gasteiger partial charge in [-0.25, -0.2) is 4.98 Å². The topological polar surface area (TPSA) is 70.7 Å². The van der Waals surface area contributed by atoms with E-state index in [1.165, 1.54) is 0 Å². The summed E-state index contributed by atoms with van der Waals surface area (Å²) in [4.78, 5) is 16.4. The summed E-state index contributed by atoms with van der Waals surface area (Å²) in [7, 11) is 0. The third-order valence-corrected chi connectivity index (χ3v) is 3.03. The molecule has 0 saturated heterocycles. The highest BCUT2D eigenvalue weighted by Crippen LogP contribution is 2.19. The molecule has 1 aromatic carbocycles. The Morgan fingerprint density at radius 1 is 1.25 bits per heavy atom. The van der Waals surface area contributed by atoms with Crippen molar-refractivity contribution in [1.29, 1.82) is 0 Å². The van der Waals surface area contributed by atoms with E-state index in [0.717, 1.165) is 16.8 Å². The molecule has 0 saturated carbocycles. The van der Waals surface area contributed by atoms with E-state index in [9.17, 15) is 4.79 Å². The molecule has 2 rings (SSSR count). The lowest BCUT2D eigenvalue weighted by molar-refractivity contribution is 0.101. The zero-order valence-electron chi connectivity index (χ0n) is 12.5. The second-order valence-corrected chi connectivity index (χ2v) is 6.03. The van der Waals surface area contributed by atoms with Gasteiger partial charge in [-0.3, -0.25) is 9.89 Å². The summed E-state index contributed by atoms with van der Waals surface area (Å²) >= 11 is 0. The largest absolute Gasteiger partial charge is 0.319 e. The Kier molecular flexibility index (Phi) is 3.61. The van der Waals surface area contributed by atoms with Crippen molar-refractivity contribution in [2.24, 2.45) is 0 Å². The molecule has 1 heterocycles. The Morgan fingerprint density at radius 3 is 2.50 bits per heavy atom. The number of nitrogens with zero attached hydrogens (tertiary/aromatic N) is 2. The Bertz CT molecular complexity index is 638. The van der Waals surface area contributed by atoms with Crippen LogP contribution in [0.1, 0.15) is 48.3 Å². The molecule has 106 valence electrons. The molecule has 0 atom stereocenters. The summed E-state index contributed by atoms with van der Waals surface area (Å²) < 4.78 is 0. The first-order valence-electron chi connectivity index (χ1n) is 6.59. The van der Waals surface area contributed by atoms with Crippen molar-refractivity contribution in [2.75, 3.05) is 5.32 Å². The summed E-state index contributed by atoms with van der Waals surface area (Å²) in [6, 6.07) is 5.87. The summed E-state index contributed by atoms with van der Waals surface area (Å²) in [5.74, 6) is 0.557. The van der Waals surface area contributed by atoms with Gasteiger partial charge in [0.05, 0.1) is 0 Å². The first-order valence-corrected chi connectivity index (χ1v) is 6.59. The average Bonchev–Trinajstić information content (AvgIpc) is 2.82. The van der Waals surface area contributed by atoms with Crippen LogP contribution in [-0.2, 0) is 5.41 Å². The van der Waals surface area contributed by atoms with Crippen LogP contribution < -0.4 is 5.32 Å². The van der Waals surface area contributed by atoms with Crippen molar-refractivity contribution >= 4 is 11.6 Å². The van der Waals surface area contributed by atoms with Crippen molar-refractivity contribution in [2.45, 2.75) is 40.0 Å². The van der Waals surface area contributed by atoms with Crippen LogP contribution in [0.5, 0.6) is 0 Å². The maximum atomic E-state index is 12.1. The molecule has 2 aromatic rings. The first kappa shape index (κ1) is 14.2. The monoisotopic (exact) mass is 272 g/mol. The molecule has 0 radical (unpaired) electrons. The number of aryl methyl sites for hydroxylation is 2. The number of carbonyl (C=O) groups excluding carboxylic acids is 1. The Hall–Kier alpha value is -2.17. The van der Waals surface area contributed by atoms with Crippen molar-refractivity contribution in [3.63, 3.8) is 0 Å². The van der Waals surface area contributed by atoms with Gasteiger partial charge in [0.1, 0.15) is 5.82 Å². The van der Waals surface area contributed by atoms with Gasteiger partial charge in [-0.1, -0.05) is 38.5 Å². The first-order chi connectivity index (χ1) is 9.27. The van der Waals surface area contributed by atoms with E-state index >= 15 is 0 Å². The SMILES string of the molecule is Cc1ccc(NC(=O)c2n[nH]c(C(C)(C)C)n2)c(C)c1. The Morgan fingerprint density at radius 2 is 1.95 bits per heavy atom. The molecule has 1 aromatic heterocycles. The third-order valence-electron chi connectivity index (χ3n) is 3.03. The predicted molar refractivity (Wildman–Crippen MR) is 79.0 cm³/mol. The van der Waals surface area contributed by atoms with Crippen LogP contribution in [0.3, 0.4) is 0 Å². The molecule has 2 N–H and O–H groups in total. The highest BCUT2D eigenvalue weighted by atomic mass is 16.2. The Balaban J connectivity index is 2.18. The predicted octanol–water partition coefficient (Wildman–Crippen LogP) is 2.97. The molecule has 0 fully saturated rings. The summed E-state index contributed by atoms with van der Waals surface area (Å²) in [6.45, 7) is 10.0. The van der Waals surface area contributed by atoms with Gasteiger partial charge in [-0.15, -0.1) is 5.10 Å². The molecule has 5 nitrogen and oxygen atoms in total. The van der Waals surface area contributed by atoms with Gasteiger partial charge in [0.15, 0.2) is 0 Å². The van der Waals surface area contributed by atoms with Crippen LogP contribution in [0.2, 0.25) is 0 Å². The third kappa shape index (κ3) is 3.04. The molecule has 0 aliphatic heterocycles. The molecule has 5 heteroatoms. The van der Waals surface area contributed by atoms with E-state index in [0.29, 0.717) is 5.82 Å². The van der Waals surface area contributed by atoms with Crippen molar-refractivity contribution in [3.05, 3.63) is 41.0 Å². The molecule has 0 aliphatic carbocycles. The minimum absolute atomic E-state index is 0.161. The fourth-order valence-electron chi connectivity index (χ4n) is 1.83. The van der Waals surface area contributed by atoms with Crippen LogP contribution in [0.15, 0.2) is 18.2 Å². The van der Waals surface area contributed by atoms with Crippen LogP contribution in [0.4, 0.5) is 5.69 Å². The van der Waals surface area contributed by atoms with E-state index in [2.05, 4.69) is 20.5 Å². The number of carbonyl (C=O) groups is 1. The molecule has 0 unspecified atom stereocenters.